The average molecular weight is 300 g/mol. The molecule has 19 heavy (non-hydrogen) atoms. The lowest BCUT2D eigenvalue weighted by Gasteiger charge is -2.09. The Kier molecular flexibility index (Phi) is 4.19. The maximum atomic E-state index is 12.6. The van der Waals surface area contributed by atoms with Crippen LogP contribution in [0.25, 0.3) is 0 Å². The molecule has 2 aromatic rings. The molecule has 0 spiro atoms. The Labute approximate surface area is 118 Å². The van der Waals surface area contributed by atoms with Crippen molar-refractivity contribution in [2.45, 2.75) is 0 Å². The van der Waals surface area contributed by atoms with Gasteiger partial charge in [0.2, 0.25) is 0 Å². The molecule has 0 aliphatic rings. The molecular formula is C12H8Cl2FN3O. The van der Waals surface area contributed by atoms with Crippen LogP contribution in [0.4, 0.5) is 10.2 Å². The van der Waals surface area contributed by atoms with E-state index >= 15 is 0 Å². The Balaban J connectivity index is 2.07. The van der Waals surface area contributed by atoms with Crippen LogP contribution in [0.5, 0.6) is 0 Å². The fourth-order valence-corrected chi connectivity index (χ4v) is 1.92. The number of pyridine rings is 1. The van der Waals surface area contributed by atoms with Crippen LogP contribution in [0.3, 0.4) is 0 Å². The van der Waals surface area contributed by atoms with Crippen molar-refractivity contribution in [3.63, 3.8) is 0 Å². The molecule has 0 saturated heterocycles. The first-order valence-electron chi connectivity index (χ1n) is 5.20. The summed E-state index contributed by atoms with van der Waals surface area (Å²) >= 11 is 11.8. The highest BCUT2D eigenvalue weighted by Crippen LogP contribution is 2.23. The summed E-state index contributed by atoms with van der Waals surface area (Å²) in [6.07, 6.45) is 1.02. The van der Waals surface area contributed by atoms with E-state index in [-0.39, 0.29) is 21.4 Å². The number of nitrogens with zero attached hydrogens (tertiary/aromatic N) is 1. The lowest BCUT2D eigenvalue weighted by molar-refractivity contribution is 0.0963. The van der Waals surface area contributed by atoms with Crippen LogP contribution >= 0.6 is 23.2 Å². The van der Waals surface area contributed by atoms with Gasteiger partial charge in [-0.1, -0.05) is 29.3 Å². The molecule has 1 amide bonds. The largest absolute Gasteiger partial charge is 0.282 e. The topological polar surface area (TPSA) is 54.0 Å². The Hall–Kier alpha value is -1.85. The van der Waals surface area contributed by atoms with Gasteiger partial charge in [0, 0.05) is 0 Å². The number of rotatable bonds is 3. The molecule has 0 saturated carbocycles. The second kappa shape index (κ2) is 5.86. The quantitative estimate of drug-likeness (QED) is 0.855. The van der Waals surface area contributed by atoms with Gasteiger partial charge in [-0.05, 0) is 24.3 Å². The van der Waals surface area contributed by atoms with E-state index in [0.29, 0.717) is 0 Å². The van der Waals surface area contributed by atoms with E-state index in [1.807, 2.05) is 0 Å². The van der Waals surface area contributed by atoms with Crippen molar-refractivity contribution in [2.24, 2.45) is 0 Å². The lowest BCUT2D eigenvalue weighted by atomic mass is 10.2. The Morgan fingerprint density at radius 2 is 1.84 bits per heavy atom. The van der Waals surface area contributed by atoms with Crippen LogP contribution in [0.15, 0.2) is 36.5 Å². The Morgan fingerprint density at radius 1 is 1.16 bits per heavy atom. The van der Waals surface area contributed by atoms with Crippen molar-refractivity contribution in [3.05, 3.63) is 58.0 Å². The van der Waals surface area contributed by atoms with Gasteiger partial charge in [0.15, 0.2) is 0 Å². The van der Waals surface area contributed by atoms with Crippen LogP contribution in [-0.2, 0) is 0 Å². The molecule has 0 aliphatic heterocycles. The van der Waals surface area contributed by atoms with E-state index in [4.69, 9.17) is 23.2 Å². The number of nitrogens with one attached hydrogen (secondary N) is 2. The van der Waals surface area contributed by atoms with Crippen molar-refractivity contribution >= 4 is 34.9 Å². The zero-order chi connectivity index (χ0) is 13.8. The summed E-state index contributed by atoms with van der Waals surface area (Å²) in [5.41, 5.74) is 5.06. The van der Waals surface area contributed by atoms with Gasteiger partial charge < -0.3 is 0 Å². The monoisotopic (exact) mass is 299 g/mol. The van der Waals surface area contributed by atoms with Gasteiger partial charge in [-0.3, -0.25) is 15.6 Å². The third kappa shape index (κ3) is 3.33. The maximum absolute atomic E-state index is 12.6. The zero-order valence-electron chi connectivity index (χ0n) is 9.45. The number of benzene rings is 1. The first-order valence-corrected chi connectivity index (χ1v) is 5.95. The molecule has 2 rings (SSSR count). The fraction of sp³-hybridized carbons (Fsp3) is 0. The van der Waals surface area contributed by atoms with Crippen molar-refractivity contribution in [3.8, 4) is 0 Å². The maximum Gasteiger partial charge on any atom is 0.272 e. The third-order valence-corrected chi connectivity index (χ3v) is 2.85. The summed E-state index contributed by atoms with van der Waals surface area (Å²) in [5, 5.41) is 0.470. The Morgan fingerprint density at radius 3 is 2.42 bits per heavy atom. The molecule has 1 aromatic carbocycles. The SMILES string of the molecule is O=C(NNc1ccc(F)cn1)c1c(Cl)cccc1Cl. The van der Waals surface area contributed by atoms with Crippen molar-refractivity contribution in [1.29, 1.82) is 0 Å². The molecule has 4 nitrogen and oxygen atoms in total. The number of aromatic nitrogens is 1. The number of carbonyl (C=O) groups excluding carboxylic acids is 1. The van der Waals surface area contributed by atoms with E-state index in [1.165, 1.54) is 12.1 Å². The number of hydrogen-bond donors (Lipinski definition) is 2. The Bertz CT molecular complexity index is 584. The summed E-state index contributed by atoms with van der Waals surface area (Å²) in [6.45, 7) is 0. The number of carbonyl (C=O) groups is 1. The highest BCUT2D eigenvalue weighted by atomic mass is 35.5. The number of amides is 1. The summed E-state index contributed by atoms with van der Waals surface area (Å²) in [6, 6.07) is 7.33. The first-order chi connectivity index (χ1) is 9.08. The number of anilines is 1. The second-order valence-electron chi connectivity index (χ2n) is 3.54. The van der Waals surface area contributed by atoms with Gasteiger partial charge in [0.1, 0.15) is 11.6 Å². The van der Waals surface area contributed by atoms with Crippen LogP contribution in [0.1, 0.15) is 10.4 Å². The zero-order valence-corrected chi connectivity index (χ0v) is 11.0. The van der Waals surface area contributed by atoms with Gasteiger partial charge in [0.05, 0.1) is 21.8 Å². The van der Waals surface area contributed by atoms with Gasteiger partial charge in [-0.25, -0.2) is 9.37 Å². The molecule has 7 heteroatoms. The molecule has 2 N–H and O–H groups in total. The molecule has 98 valence electrons. The number of hydrogen-bond acceptors (Lipinski definition) is 3. The molecule has 0 atom stereocenters. The van der Waals surface area contributed by atoms with Crippen LogP contribution < -0.4 is 10.9 Å². The van der Waals surface area contributed by atoms with Gasteiger partial charge in [0.25, 0.3) is 5.91 Å². The van der Waals surface area contributed by atoms with Crippen LogP contribution in [0, 0.1) is 5.82 Å². The van der Waals surface area contributed by atoms with Crippen LogP contribution in [0.2, 0.25) is 10.0 Å². The third-order valence-electron chi connectivity index (χ3n) is 2.22. The van der Waals surface area contributed by atoms with E-state index in [9.17, 15) is 9.18 Å². The fourth-order valence-electron chi connectivity index (χ4n) is 1.35. The molecule has 0 unspecified atom stereocenters. The van der Waals surface area contributed by atoms with E-state index in [0.717, 1.165) is 6.20 Å². The van der Waals surface area contributed by atoms with E-state index in [2.05, 4.69) is 15.8 Å². The summed E-state index contributed by atoms with van der Waals surface area (Å²) < 4.78 is 12.6. The van der Waals surface area contributed by atoms with Crippen molar-refractivity contribution in [2.75, 3.05) is 5.43 Å². The molecule has 0 bridgehead atoms. The number of hydrazine groups is 1. The predicted octanol–water partition coefficient (Wildman–Crippen LogP) is 3.28. The molecular weight excluding hydrogens is 292 g/mol. The predicted molar refractivity (Wildman–Crippen MR) is 71.7 cm³/mol. The minimum absolute atomic E-state index is 0.153. The molecule has 1 heterocycles. The molecule has 0 fully saturated rings. The molecule has 0 aliphatic carbocycles. The normalized spacial score (nSPS) is 10.1. The number of halogens is 3. The lowest BCUT2D eigenvalue weighted by Crippen LogP contribution is -2.30. The van der Waals surface area contributed by atoms with Crippen molar-refractivity contribution in [1.82, 2.24) is 10.4 Å². The second-order valence-corrected chi connectivity index (χ2v) is 4.35. The van der Waals surface area contributed by atoms with E-state index < -0.39 is 11.7 Å². The molecule has 1 aromatic heterocycles. The summed E-state index contributed by atoms with van der Waals surface area (Å²) in [4.78, 5) is 15.6. The molecule has 0 radical (unpaired) electrons. The van der Waals surface area contributed by atoms with Gasteiger partial charge in [-0.2, -0.15) is 0 Å². The van der Waals surface area contributed by atoms with Crippen molar-refractivity contribution < 1.29 is 9.18 Å². The first kappa shape index (κ1) is 13.6. The summed E-state index contributed by atoms with van der Waals surface area (Å²) in [7, 11) is 0. The standard InChI is InChI=1S/C12H8Cl2FN3O/c13-8-2-1-3-9(14)11(8)12(19)18-17-10-5-4-7(15)6-16-10/h1-6H,(H,16,17)(H,18,19). The smallest absolute Gasteiger partial charge is 0.272 e. The average Bonchev–Trinajstić information content (AvgIpc) is 2.38. The van der Waals surface area contributed by atoms with Gasteiger partial charge >= 0.3 is 0 Å². The highest BCUT2D eigenvalue weighted by Gasteiger charge is 2.14. The minimum Gasteiger partial charge on any atom is -0.282 e. The minimum atomic E-state index is -0.512. The highest BCUT2D eigenvalue weighted by molar-refractivity contribution is 6.39. The van der Waals surface area contributed by atoms with E-state index in [1.54, 1.807) is 18.2 Å². The summed E-state index contributed by atoms with van der Waals surface area (Å²) in [5.74, 6) is -0.689. The van der Waals surface area contributed by atoms with Gasteiger partial charge in [-0.15, -0.1) is 0 Å². The van der Waals surface area contributed by atoms with Crippen LogP contribution in [-0.4, -0.2) is 10.9 Å².